The number of thioether (sulfide) groups is 1. The molecule has 0 spiro atoms. The van der Waals surface area contributed by atoms with Crippen molar-refractivity contribution in [1.29, 1.82) is 0 Å². The van der Waals surface area contributed by atoms with Crippen LogP contribution in [0.2, 0.25) is 5.02 Å². The van der Waals surface area contributed by atoms with Gasteiger partial charge in [0.25, 0.3) is 0 Å². The molecule has 2 N–H and O–H groups in total. The van der Waals surface area contributed by atoms with Gasteiger partial charge in [0.2, 0.25) is 11.8 Å². The molecule has 9 heteroatoms. The van der Waals surface area contributed by atoms with Gasteiger partial charge in [-0.05, 0) is 49.4 Å². The molecule has 1 aliphatic carbocycles. The smallest absolute Gasteiger partial charge is 0.230 e. The van der Waals surface area contributed by atoms with Crippen LogP contribution >= 0.6 is 23.4 Å². The number of piperidine rings is 1. The Balaban J connectivity index is 1.19. The lowest BCUT2D eigenvalue weighted by Gasteiger charge is -2.31. The fraction of sp³-hybridized carbons (Fsp3) is 0.455. The first kappa shape index (κ1) is 21.9. The molecular weight excluding hydrogens is 434 g/mol. The summed E-state index contributed by atoms with van der Waals surface area (Å²) in [4.78, 5) is 26.5. The summed E-state index contributed by atoms with van der Waals surface area (Å²) in [6.07, 6.45) is 3.91. The van der Waals surface area contributed by atoms with E-state index in [0.717, 1.165) is 50.2 Å². The molecule has 2 heterocycles. The van der Waals surface area contributed by atoms with Crippen molar-refractivity contribution in [1.82, 2.24) is 20.8 Å². The third kappa shape index (κ3) is 6.33. The highest BCUT2D eigenvalue weighted by molar-refractivity contribution is 7.99. The van der Waals surface area contributed by atoms with Crippen molar-refractivity contribution >= 4 is 41.0 Å². The second-order valence-electron chi connectivity index (χ2n) is 7.93. The second kappa shape index (κ2) is 10.3. The molecule has 0 atom stereocenters. The number of rotatable bonds is 8. The minimum Gasteiger partial charge on any atom is -0.355 e. The van der Waals surface area contributed by atoms with Gasteiger partial charge in [-0.2, -0.15) is 0 Å². The minimum atomic E-state index is -0.0812. The number of aromatic nitrogens is 2. The van der Waals surface area contributed by atoms with E-state index in [9.17, 15) is 9.59 Å². The fourth-order valence-electron chi connectivity index (χ4n) is 3.50. The number of nitrogens with one attached hydrogen (secondary N) is 2. The van der Waals surface area contributed by atoms with E-state index in [4.69, 9.17) is 11.6 Å². The molecule has 2 aromatic rings. The van der Waals surface area contributed by atoms with Crippen molar-refractivity contribution < 1.29 is 9.59 Å². The largest absolute Gasteiger partial charge is 0.355 e. The molecule has 0 bridgehead atoms. The first-order chi connectivity index (χ1) is 15.1. The standard InChI is InChI=1S/C22H26ClN5O2S/c23-18-4-2-1-3-16(18)13-24-20(29)14-31-21-8-7-19(26-27-21)28-11-9-15(10-12-28)22(30)25-17-5-6-17/h1-4,7-8,15,17H,5-6,9-14H2,(H,24,29)(H,25,30). The van der Waals surface area contributed by atoms with Gasteiger partial charge in [-0.1, -0.05) is 41.6 Å². The zero-order valence-corrected chi connectivity index (χ0v) is 18.8. The van der Waals surface area contributed by atoms with Gasteiger partial charge in [0.05, 0.1) is 5.75 Å². The van der Waals surface area contributed by atoms with Gasteiger partial charge in [0.15, 0.2) is 5.82 Å². The van der Waals surface area contributed by atoms with E-state index in [1.807, 2.05) is 30.3 Å². The van der Waals surface area contributed by atoms with Gasteiger partial charge in [0, 0.05) is 36.6 Å². The zero-order chi connectivity index (χ0) is 21.6. The summed E-state index contributed by atoms with van der Waals surface area (Å²) in [6, 6.07) is 11.7. The second-order valence-corrected chi connectivity index (χ2v) is 9.33. The number of amides is 2. The van der Waals surface area contributed by atoms with E-state index in [-0.39, 0.29) is 23.5 Å². The van der Waals surface area contributed by atoms with Crippen molar-refractivity contribution in [3.05, 3.63) is 47.0 Å². The Kier molecular flexibility index (Phi) is 7.29. The quantitative estimate of drug-likeness (QED) is 0.590. The Bertz CT molecular complexity index is 914. The number of halogens is 1. The predicted molar refractivity (Wildman–Crippen MR) is 122 cm³/mol. The highest BCUT2D eigenvalue weighted by Gasteiger charge is 2.30. The zero-order valence-electron chi connectivity index (χ0n) is 17.2. The van der Waals surface area contributed by atoms with Crippen molar-refractivity contribution in [3.8, 4) is 0 Å². The van der Waals surface area contributed by atoms with E-state index >= 15 is 0 Å². The fourth-order valence-corrected chi connectivity index (χ4v) is 4.35. The molecule has 2 aliphatic rings. The maximum atomic E-state index is 12.2. The van der Waals surface area contributed by atoms with Crippen LogP contribution in [0.5, 0.6) is 0 Å². The number of hydrogen-bond donors (Lipinski definition) is 2. The first-order valence-electron chi connectivity index (χ1n) is 10.6. The van der Waals surface area contributed by atoms with Crippen LogP contribution in [0.1, 0.15) is 31.2 Å². The van der Waals surface area contributed by atoms with E-state index in [1.165, 1.54) is 11.8 Å². The van der Waals surface area contributed by atoms with Gasteiger partial charge in [-0.25, -0.2) is 0 Å². The molecule has 2 amide bonds. The average molecular weight is 460 g/mol. The molecule has 4 rings (SSSR count). The molecule has 1 saturated carbocycles. The van der Waals surface area contributed by atoms with Crippen molar-refractivity contribution in [2.75, 3.05) is 23.7 Å². The van der Waals surface area contributed by atoms with E-state index in [2.05, 4.69) is 25.7 Å². The summed E-state index contributed by atoms with van der Waals surface area (Å²) in [7, 11) is 0. The molecule has 2 fully saturated rings. The van der Waals surface area contributed by atoms with Crippen molar-refractivity contribution in [3.63, 3.8) is 0 Å². The van der Waals surface area contributed by atoms with Gasteiger partial charge in [0.1, 0.15) is 5.03 Å². The lowest BCUT2D eigenvalue weighted by Crippen LogP contribution is -2.41. The average Bonchev–Trinajstić information content (AvgIpc) is 3.61. The molecule has 164 valence electrons. The Labute approximate surface area is 191 Å². The first-order valence-corrected chi connectivity index (χ1v) is 12.0. The molecule has 0 radical (unpaired) electrons. The lowest BCUT2D eigenvalue weighted by atomic mass is 9.96. The van der Waals surface area contributed by atoms with E-state index in [1.54, 1.807) is 6.07 Å². The van der Waals surface area contributed by atoms with Crippen LogP contribution in [0.4, 0.5) is 5.82 Å². The Hall–Kier alpha value is -2.32. The van der Waals surface area contributed by atoms with Crippen molar-refractivity contribution in [2.45, 2.75) is 43.3 Å². The molecule has 1 aromatic heterocycles. The van der Waals surface area contributed by atoms with Gasteiger partial charge in [-0.15, -0.1) is 10.2 Å². The third-order valence-corrected chi connectivity index (χ3v) is 6.81. The van der Waals surface area contributed by atoms with E-state index < -0.39 is 0 Å². The highest BCUT2D eigenvalue weighted by atomic mass is 35.5. The van der Waals surface area contributed by atoms with Crippen LogP contribution in [0.3, 0.4) is 0 Å². The molecule has 31 heavy (non-hydrogen) atoms. The Morgan fingerprint density at radius 3 is 2.52 bits per heavy atom. The number of anilines is 1. The SMILES string of the molecule is O=C(CSc1ccc(N2CCC(C(=O)NC3CC3)CC2)nn1)NCc1ccccc1Cl. The number of nitrogens with zero attached hydrogens (tertiary/aromatic N) is 3. The lowest BCUT2D eigenvalue weighted by molar-refractivity contribution is -0.125. The Morgan fingerprint density at radius 1 is 1.06 bits per heavy atom. The van der Waals surface area contributed by atoms with E-state index in [0.29, 0.717) is 22.6 Å². The van der Waals surface area contributed by atoms with Gasteiger partial charge in [-0.3, -0.25) is 9.59 Å². The molecule has 7 nitrogen and oxygen atoms in total. The molecule has 0 unspecified atom stereocenters. The molecule has 1 aliphatic heterocycles. The minimum absolute atomic E-state index is 0.0812. The number of carbonyl (C=O) groups is 2. The predicted octanol–water partition coefficient (Wildman–Crippen LogP) is 3.03. The number of hydrogen-bond acceptors (Lipinski definition) is 6. The topological polar surface area (TPSA) is 87.2 Å². The Morgan fingerprint density at radius 2 is 1.84 bits per heavy atom. The third-order valence-electron chi connectivity index (χ3n) is 5.52. The summed E-state index contributed by atoms with van der Waals surface area (Å²) in [5.74, 6) is 1.30. The summed E-state index contributed by atoms with van der Waals surface area (Å²) >= 11 is 7.46. The van der Waals surface area contributed by atoms with Crippen LogP contribution < -0.4 is 15.5 Å². The summed E-state index contributed by atoms with van der Waals surface area (Å²) in [5.41, 5.74) is 0.889. The van der Waals surface area contributed by atoms with Crippen LogP contribution in [0, 0.1) is 5.92 Å². The van der Waals surface area contributed by atoms with Crippen molar-refractivity contribution in [2.24, 2.45) is 5.92 Å². The summed E-state index contributed by atoms with van der Waals surface area (Å²) < 4.78 is 0. The summed E-state index contributed by atoms with van der Waals surface area (Å²) in [6.45, 7) is 2.00. The number of carbonyl (C=O) groups excluding carboxylic acids is 2. The van der Waals surface area contributed by atoms with Gasteiger partial charge >= 0.3 is 0 Å². The van der Waals surface area contributed by atoms with Crippen LogP contribution in [-0.4, -0.2) is 46.9 Å². The summed E-state index contributed by atoms with van der Waals surface area (Å²) in [5, 5.41) is 15.9. The molecular formula is C22H26ClN5O2S. The normalized spacial score (nSPS) is 16.7. The molecule has 1 aromatic carbocycles. The molecule has 1 saturated heterocycles. The highest BCUT2D eigenvalue weighted by Crippen LogP contribution is 2.25. The monoisotopic (exact) mass is 459 g/mol. The van der Waals surface area contributed by atoms with Crippen LogP contribution in [0.25, 0.3) is 0 Å². The maximum absolute atomic E-state index is 12.2. The van der Waals surface area contributed by atoms with Crippen LogP contribution in [-0.2, 0) is 16.1 Å². The maximum Gasteiger partial charge on any atom is 0.230 e. The van der Waals surface area contributed by atoms with Crippen LogP contribution in [0.15, 0.2) is 41.4 Å². The van der Waals surface area contributed by atoms with Gasteiger partial charge < -0.3 is 15.5 Å². The number of benzene rings is 1.